The third-order valence-electron chi connectivity index (χ3n) is 4.40. The first kappa shape index (κ1) is 17.5. The molecule has 1 saturated heterocycles. The third kappa shape index (κ3) is 4.12. The van der Waals surface area contributed by atoms with Gasteiger partial charge in [0.2, 0.25) is 5.91 Å². The predicted molar refractivity (Wildman–Crippen MR) is 92.4 cm³/mol. The van der Waals surface area contributed by atoms with Crippen molar-refractivity contribution in [3.05, 3.63) is 35.4 Å². The maximum absolute atomic E-state index is 12.5. The molecule has 0 spiro atoms. The van der Waals surface area contributed by atoms with Gasteiger partial charge in [-0.05, 0) is 35.4 Å². The quantitative estimate of drug-likeness (QED) is 0.928. The molecule has 0 unspecified atom stereocenters. The van der Waals surface area contributed by atoms with Crippen LogP contribution in [0, 0.1) is 5.92 Å². The summed E-state index contributed by atoms with van der Waals surface area (Å²) in [6.45, 7) is 12.0. The number of hydrogen-bond acceptors (Lipinski definition) is 2. The number of carbonyl (C=O) groups excluding carboxylic acids is 2. The second-order valence-electron chi connectivity index (χ2n) is 7.70. The van der Waals surface area contributed by atoms with Crippen molar-refractivity contribution in [1.29, 1.82) is 0 Å². The van der Waals surface area contributed by atoms with Gasteiger partial charge in [0.25, 0.3) is 5.91 Å². The molecule has 0 saturated carbocycles. The summed E-state index contributed by atoms with van der Waals surface area (Å²) < 4.78 is 0. The van der Waals surface area contributed by atoms with E-state index in [1.807, 2.05) is 43.0 Å². The average molecular weight is 316 g/mol. The minimum atomic E-state index is -0.454. The minimum Gasteiger partial charge on any atom is -0.341 e. The van der Waals surface area contributed by atoms with Gasteiger partial charge in [-0.1, -0.05) is 46.8 Å². The summed E-state index contributed by atoms with van der Waals surface area (Å²) >= 11 is 0. The fraction of sp³-hybridized carbons (Fsp3) is 0.579. The van der Waals surface area contributed by atoms with Gasteiger partial charge in [0.15, 0.2) is 0 Å². The molecule has 0 aliphatic carbocycles. The van der Waals surface area contributed by atoms with E-state index in [4.69, 9.17) is 0 Å². The lowest BCUT2D eigenvalue weighted by atomic mass is 9.86. The van der Waals surface area contributed by atoms with Crippen LogP contribution in [0.3, 0.4) is 0 Å². The van der Waals surface area contributed by atoms with E-state index in [2.05, 4.69) is 26.1 Å². The van der Waals surface area contributed by atoms with Crippen LogP contribution < -0.4 is 5.32 Å². The molecule has 1 atom stereocenters. The molecule has 0 aromatic heterocycles. The summed E-state index contributed by atoms with van der Waals surface area (Å²) in [7, 11) is 0. The number of benzene rings is 1. The van der Waals surface area contributed by atoms with Gasteiger partial charge >= 0.3 is 0 Å². The van der Waals surface area contributed by atoms with Crippen LogP contribution in [0.1, 0.15) is 57.0 Å². The Morgan fingerprint density at radius 3 is 2.04 bits per heavy atom. The number of likely N-dealkylation sites (tertiary alicyclic amines) is 1. The topological polar surface area (TPSA) is 49.4 Å². The lowest BCUT2D eigenvalue weighted by Crippen LogP contribution is -2.55. The zero-order valence-electron chi connectivity index (χ0n) is 14.8. The third-order valence-corrected chi connectivity index (χ3v) is 4.40. The molecule has 1 aliphatic heterocycles. The number of rotatable bonds is 4. The molecule has 1 aliphatic rings. The van der Waals surface area contributed by atoms with Crippen LogP contribution >= 0.6 is 0 Å². The van der Waals surface area contributed by atoms with Crippen molar-refractivity contribution in [2.75, 3.05) is 13.1 Å². The Morgan fingerprint density at radius 2 is 1.65 bits per heavy atom. The van der Waals surface area contributed by atoms with Gasteiger partial charge in [-0.2, -0.15) is 0 Å². The van der Waals surface area contributed by atoms with Crippen LogP contribution in [0.2, 0.25) is 0 Å². The molecule has 4 heteroatoms. The number of hydrogen-bond donors (Lipinski definition) is 1. The number of amides is 2. The summed E-state index contributed by atoms with van der Waals surface area (Å²) in [6.07, 6.45) is 1.05. The van der Waals surface area contributed by atoms with E-state index in [0.717, 1.165) is 19.5 Å². The van der Waals surface area contributed by atoms with Gasteiger partial charge in [0.1, 0.15) is 6.04 Å². The minimum absolute atomic E-state index is 0.0333. The first-order valence-corrected chi connectivity index (χ1v) is 8.40. The number of nitrogens with one attached hydrogen (secondary N) is 1. The molecule has 1 fully saturated rings. The van der Waals surface area contributed by atoms with Gasteiger partial charge in [-0.15, -0.1) is 0 Å². The Morgan fingerprint density at radius 1 is 1.09 bits per heavy atom. The highest BCUT2D eigenvalue weighted by molar-refractivity contribution is 5.97. The highest BCUT2D eigenvalue weighted by Crippen LogP contribution is 2.22. The van der Waals surface area contributed by atoms with Crippen molar-refractivity contribution in [2.24, 2.45) is 5.92 Å². The van der Waals surface area contributed by atoms with Crippen LogP contribution in [0.5, 0.6) is 0 Å². The van der Waals surface area contributed by atoms with Crippen molar-refractivity contribution in [1.82, 2.24) is 10.2 Å². The molecule has 1 aromatic rings. The van der Waals surface area contributed by atoms with Crippen LogP contribution in [0.4, 0.5) is 0 Å². The van der Waals surface area contributed by atoms with Crippen LogP contribution in [-0.2, 0) is 10.2 Å². The molecule has 126 valence electrons. The van der Waals surface area contributed by atoms with E-state index in [1.165, 1.54) is 5.56 Å². The first-order chi connectivity index (χ1) is 10.7. The lowest BCUT2D eigenvalue weighted by Gasteiger charge is -2.35. The Balaban J connectivity index is 2.07. The van der Waals surface area contributed by atoms with Gasteiger partial charge in [-0.3, -0.25) is 9.59 Å². The maximum Gasteiger partial charge on any atom is 0.251 e. The van der Waals surface area contributed by atoms with Crippen LogP contribution in [0.15, 0.2) is 24.3 Å². The standard InChI is InChI=1S/C19H28N2O2/c1-13(2)16(18(23)21-11-6-12-21)20-17(22)14-7-9-15(10-8-14)19(3,4)5/h7-10,13,16H,6,11-12H2,1-5H3,(H,20,22)/t16-/m0/s1. The molecule has 4 nitrogen and oxygen atoms in total. The molecule has 2 rings (SSSR count). The molecule has 1 N–H and O–H groups in total. The average Bonchev–Trinajstić information content (AvgIpc) is 2.41. The van der Waals surface area contributed by atoms with E-state index in [-0.39, 0.29) is 23.1 Å². The van der Waals surface area contributed by atoms with Crippen molar-refractivity contribution in [3.63, 3.8) is 0 Å². The van der Waals surface area contributed by atoms with Crippen molar-refractivity contribution in [2.45, 2.75) is 52.5 Å². The van der Waals surface area contributed by atoms with E-state index in [9.17, 15) is 9.59 Å². The zero-order valence-corrected chi connectivity index (χ0v) is 14.8. The highest BCUT2D eigenvalue weighted by Gasteiger charge is 2.31. The fourth-order valence-electron chi connectivity index (χ4n) is 2.59. The van der Waals surface area contributed by atoms with Gasteiger partial charge < -0.3 is 10.2 Å². The van der Waals surface area contributed by atoms with Crippen molar-refractivity contribution >= 4 is 11.8 Å². The lowest BCUT2D eigenvalue weighted by molar-refractivity contribution is -0.137. The van der Waals surface area contributed by atoms with E-state index in [1.54, 1.807) is 0 Å². The Bertz CT molecular complexity index is 566. The molecule has 1 heterocycles. The van der Waals surface area contributed by atoms with Gasteiger partial charge in [0, 0.05) is 18.7 Å². The Hall–Kier alpha value is -1.84. The van der Waals surface area contributed by atoms with Gasteiger partial charge in [-0.25, -0.2) is 0 Å². The monoisotopic (exact) mass is 316 g/mol. The molecular formula is C19H28N2O2. The van der Waals surface area contributed by atoms with Crippen LogP contribution in [0.25, 0.3) is 0 Å². The summed E-state index contributed by atoms with van der Waals surface area (Å²) in [5, 5.41) is 2.91. The second kappa shape index (κ2) is 6.73. The van der Waals surface area contributed by atoms with Crippen LogP contribution in [-0.4, -0.2) is 35.8 Å². The largest absolute Gasteiger partial charge is 0.341 e. The van der Waals surface area contributed by atoms with Crippen molar-refractivity contribution < 1.29 is 9.59 Å². The fourth-order valence-corrected chi connectivity index (χ4v) is 2.59. The molecule has 2 amide bonds. The van der Waals surface area contributed by atoms with E-state index >= 15 is 0 Å². The van der Waals surface area contributed by atoms with Gasteiger partial charge in [0.05, 0.1) is 0 Å². The van der Waals surface area contributed by atoms with E-state index in [0.29, 0.717) is 5.56 Å². The van der Waals surface area contributed by atoms with Crippen molar-refractivity contribution in [3.8, 4) is 0 Å². The highest BCUT2D eigenvalue weighted by atomic mass is 16.2. The Kier molecular flexibility index (Phi) is 5.12. The molecule has 0 radical (unpaired) electrons. The summed E-state index contributed by atoms with van der Waals surface area (Å²) in [5.74, 6) is -0.0788. The molecule has 0 bridgehead atoms. The molecule has 1 aromatic carbocycles. The first-order valence-electron chi connectivity index (χ1n) is 8.40. The normalized spacial score (nSPS) is 16.0. The maximum atomic E-state index is 12.5. The number of carbonyl (C=O) groups is 2. The predicted octanol–water partition coefficient (Wildman–Crippen LogP) is 2.97. The Labute approximate surface area is 139 Å². The SMILES string of the molecule is CC(C)[C@H](NC(=O)c1ccc(C(C)(C)C)cc1)C(=O)N1CCC1. The molecular weight excluding hydrogens is 288 g/mol. The van der Waals surface area contributed by atoms with E-state index < -0.39 is 6.04 Å². The molecule has 23 heavy (non-hydrogen) atoms. The number of nitrogens with zero attached hydrogens (tertiary/aromatic N) is 1. The summed E-state index contributed by atoms with van der Waals surface area (Å²) in [4.78, 5) is 26.7. The smallest absolute Gasteiger partial charge is 0.251 e. The zero-order chi connectivity index (χ0) is 17.2. The summed E-state index contributed by atoms with van der Waals surface area (Å²) in [5.41, 5.74) is 1.84. The summed E-state index contributed by atoms with van der Waals surface area (Å²) in [6, 6.07) is 7.18. The second-order valence-corrected chi connectivity index (χ2v) is 7.70.